The first-order valence-corrected chi connectivity index (χ1v) is 8.00. The lowest BCUT2D eigenvalue weighted by Gasteiger charge is -2.34. The topological polar surface area (TPSA) is 16.1 Å². The molecule has 1 heterocycles. The smallest absolute Gasteiger partial charge is 0.0552 e. The lowest BCUT2D eigenvalue weighted by atomic mass is 9.85. The molecular weight excluding hydrogens is 280 g/mol. The van der Waals surface area contributed by atoms with Crippen LogP contribution in [0.5, 0.6) is 0 Å². The van der Waals surface area contributed by atoms with E-state index in [1.807, 2.05) is 18.5 Å². The second-order valence-corrected chi connectivity index (χ2v) is 5.86. The summed E-state index contributed by atoms with van der Waals surface area (Å²) in [5.74, 6) is 0.308. The highest BCUT2D eigenvalue weighted by Crippen LogP contribution is 2.32. The van der Waals surface area contributed by atoms with E-state index in [-0.39, 0.29) is 0 Å². The molecule has 1 atom stereocenters. The summed E-state index contributed by atoms with van der Waals surface area (Å²) in [6, 6.07) is 25.8. The summed E-state index contributed by atoms with van der Waals surface area (Å²) >= 11 is 0. The Hall–Kier alpha value is -2.61. The Kier molecular flexibility index (Phi) is 4.72. The van der Waals surface area contributed by atoms with Gasteiger partial charge in [0.2, 0.25) is 0 Å². The molecule has 0 spiro atoms. The van der Waals surface area contributed by atoms with Crippen molar-refractivity contribution in [2.24, 2.45) is 0 Å². The molecule has 1 unspecified atom stereocenters. The highest BCUT2D eigenvalue weighted by Gasteiger charge is 2.24. The Labute approximate surface area is 138 Å². The molecule has 0 N–H and O–H groups in total. The zero-order valence-corrected chi connectivity index (χ0v) is 13.6. The van der Waals surface area contributed by atoms with Crippen LogP contribution in [0.2, 0.25) is 0 Å². The van der Waals surface area contributed by atoms with E-state index >= 15 is 0 Å². The van der Waals surface area contributed by atoms with Crippen LogP contribution in [0.25, 0.3) is 0 Å². The standard InChI is InChI=1S/C21H22N2/c1-17(23(2)20-14-9-15-22-16-20)21(18-10-5-3-6-11-18)19-12-7-4-8-13-19/h3-17,21H,1-2H3. The minimum atomic E-state index is 0.308. The van der Waals surface area contributed by atoms with E-state index in [9.17, 15) is 0 Å². The van der Waals surface area contributed by atoms with Gasteiger partial charge in [-0.1, -0.05) is 60.7 Å². The van der Waals surface area contributed by atoms with Crippen LogP contribution in [0.3, 0.4) is 0 Å². The van der Waals surface area contributed by atoms with Crippen LogP contribution < -0.4 is 4.90 Å². The average Bonchev–Trinajstić information content (AvgIpc) is 2.64. The van der Waals surface area contributed by atoms with E-state index < -0.39 is 0 Å². The molecule has 0 saturated heterocycles. The molecule has 3 aromatic rings. The summed E-state index contributed by atoms with van der Waals surface area (Å²) in [5, 5.41) is 0. The molecule has 2 nitrogen and oxygen atoms in total. The first kappa shape index (κ1) is 15.3. The van der Waals surface area contributed by atoms with Gasteiger partial charge in [0.05, 0.1) is 11.9 Å². The number of aromatic nitrogens is 1. The molecule has 0 aliphatic heterocycles. The van der Waals surface area contributed by atoms with E-state index in [4.69, 9.17) is 0 Å². The molecule has 0 aliphatic carbocycles. The maximum Gasteiger partial charge on any atom is 0.0552 e. The van der Waals surface area contributed by atoms with Crippen LogP contribution in [-0.2, 0) is 0 Å². The quantitative estimate of drug-likeness (QED) is 0.677. The maximum absolute atomic E-state index is 4.25. The Morgan fingerprint density at radius 2 is 1.35 bits per heavy atom. The molecule has 2 heteroatoms. The Bertz CT molecular complexity index is 671. The predicted octanol–water partition coefficient (Wildman–Crippen LogP) is 4.74. The van der Waals surface area contributed by atoms with Gasteiger partial charge in [-0.3, -0.25) is 4.98 Å². The van der Waals surface area contributed by atoms with Gasteiger partial charge in [-0.25, -0.2) is 0 Å². The summed E-state index contributed by atoms with van der Waals surface area (Å²) in [4.78, 5) is 6.55. The normalized spacial score (nSPS) is 12.1. The fourth-order valence-electron chi connectivity index (χ4n) is 3.09. The van der Waals surface area contributed by atoms with Gasteiger partial charge in [0.25, 0.3) is 0 Å². The minimum absolute atomic E-state index is 0.308. The lowest BCUT2D eigenvalue weighted by Crippen LogP contribution is -2.35. The van der Waals surface area contributed by atoms with Crippen molar-refractivity contribution in [2.45, 2.75) is 18.9 Å². The second kappa shape index (κ2) is 7.10. The summed E-state index contributed by atoms with van der Waals surface area (Å²) in [6.07, 6.45) is 3.73. The van der Waals surface area contributed by atoms with E-state index in [2.05, 4.69) is 90.6 Å². The zero-order chi connectivity index (χ0) is 16.1. The Balaban J connectivity index is 1.98. The van der Waals surface area contributed by atoms with Crippen molar-refractivity contribution in [1.82, 2.24) is 4.98 Å². The molecular formula is C21H22N2. The fourth-order valence-corrected chi connectivity index (χ4v) is 3.09. The van der Waals surface area contributed by atoms with Crippen LogP contribution in [0.4, 0.5) is 5.69 Å². The van der Waals surface area contributed by atoms with Crippen molar-refractivity contribution in [3.8, 4) is 0 Å². The largest absolute Gasteiger partial charge is 0.370 e. The first-order chi connectivity index (χ1) is 11.3. The molecule has 0 saturated carbocycles. The van der Waals surface area contributed by atoms with E-state index in [0.717, 1.165) is 5.69 Å². The number of hydrogen-bond acceptors (Lipinski definition) is 2. The molecule has 0 bridgehead atoms. The van der Waals surface area contributed by atoms with Crippen LogP contribution in [0.1, 0.15) is 24.0 Å². The maximum atomic E-state index is 4.25. The monoisotopic (exact) mass is 302 g/mol. The molecule has 0 amide bonds. The Morgan fingerprint density at radius 1 is 0.783 bits per heavy atom. The van der Waals surface area contributed by atoms with E-state index in [1.165, 1.54) is 11.1 Å². The number of nitrogens with zero attached hydrogens (tertiary/aromatic N) is 2. The number of likely N-dealkylation sites (N-methyl/N-ethyl adjacent to an activating group) is 1. The van der Waals surface area contributed by atoms with Gasteiger partial charge in [0, 0.05) is 25.2 Å². The first-order valence-electron chi connectivity index (χ1n) is 8.00. The van der Waals surface area contributed by atoms with Crippen LogP contribution in [0, 0.1) is 0 Å². The number of benzene rings is 2. The molecule has 116 valence electrons. The average molecular weight is 302 g/mol. The van der Waals surface area contributed by atoms with E-state index in [1.54, 1.807) is 0 Å². The third-order valence-electron chi connectivity index (χ3n) is 4.46. The van der Waals surface area contributed by atoms with Crippen LogP contribution in [0.15, 0.2) is 85.2 Å². The van der Waals surface area contributed by atoms with Gasteiger partial charge in [0.1, 0.15) is 0 Å². The van der Waals surface area contributed by atoms with Gasteiger partial charge in [-0.15, -0.1) is 0 Å². The summed E-state index contributed by atoms with van der Waals surface area (Å²) < 4.78 is 0. The number of hydrogen-bond donors (Lipinski definition) is 0. The van der Waals surface area contributed by atoms with Gasteiger partial charge in [-0.05, 0) is 30.2 Å². The molecule has 3 rings (SSSR count). The summed E-state index contributed by atoms with van der Waals surface area (Å²) in [6.45, 7) is 2.28. The second-order valence-electron chi connectivity index (χ2n) is 5.86. The van der Waals surface area contributed by atoms with Gasteiger partial charge >= 0.3 is 0 Å². The van der Waals surface area contributed by atoms with Crippen molar-refractivity contribution in [1.29, 1.82) is 0 Å². The third-order valence-corrected chi connectivity index (χ3v) is 4.46. The highest BCUT2D eigenvalue weighted by molar-refractivity contribution is 5.47. The van der Waals surface area contributed by atoms with Gasteiger partial charge in [-0.2, -0.15) is 0 Å². The molecule has 0 aliphatic rings. The van der Waals surface area contributed by atoms with Gasteiger partial charge < -0.3 is 4.90 Å². The molecule has 2 aromatic carbocycles. The van der Waals surface area contributed by atoms with Crippen molar-refractivity contribution < 1.29 is 0 Å². The van der Waals surface area contributed by atoms with Gasteiger partial charge in [0.15, 0.2) is 0 Å². The van der Waals surface area contributed by atoms with Crippen LogP contribution in [-0.4, -0.2) is 18.1 Å². The van der Waals surface area contributed by atoms with Crippen molar-refractivity contribution >= 4 is 5.69 Å². The molecule has 1 aromatic heterocycles. The van der Waals surface area contributed by atoms with Crippen molar-refractivity contribution in [3.63, 3.8) is 0 Å². The highest BCUT2D eigenvalue weighted by atomic mass is 15.1. The predicted molar refractivity (Wildman–Crippen MR) is 96.8 cm³/mol. The number of rotatable bonds is 5. The minimum Gasteiger partial charge on any atom is -0.370 e. The fraction of sp³-hybridized carbons (Fsp3) is 0.190. The molecule has 0 radical (unpaired) electrons. The third kappa shape index (κ3) is 3.42. The van der Waals surface area contributed by atoms with Crippen molar-refractivity contribution in [2.75, 3.05) is 11.9 Å². The van der Waals surface area contributed by atoms with Crippen molar-refractivity contribution in [3.05, 3.63) is 96.3 Å². The Morgan fingerprint density at radius 3 is 1.83 bits per heavy atom. The SMILES string of the molecule is CC(C(c1ccccc1)c1ccccc1)N(C)c1cccnc1. The summed E-state index contributed by atoms with van der Waals surface area (Å²) in [5.41, 5.74) is 3.81. The summed E-state index contributed by atoms with van der Waals surface area (Å²) in [7, 11) is 2.14. The lowest BCUT2D eigenvalue weighted by molar-refractivity contribution is 0.606. The molecule has 0 fully saturated rings. The van der Waals surface area contributed by atoms with Crippen LogP contribution >= 0.6 is 0 Å². The van der Waals surface area contributed by atoms with E-state index in [0.29, 0.717) is 12.0 Å². The zero-order valence-electron chi connectivity index (χ0n) is 13.6. The number of anilines is 1. The number of pyridine rings is 1. The molecule has 23 heavy (non-hydrogen) atoms.